The zero-order valence-corrected chi connectivity index (χ0v) is 9.87. The SMILES string of the molecule is COC(=O)c1ccc(N2CCSCC2)nn1. The van der Waals surface area contributed by atoms with E-state index < -0.39 is 5.97 Å². The third-order valence-corrected chi connectivity index (χ3v) is 3.32. The van der Waals surface area contributed by atoms with Crippen LogP contribution in [-0.4, -0.2) is 47.9 Å². The Morgan fingerprint density at radius 3 is 2.69 bits per heavy atom. The van der Waals surface area contributed by atoms with E-state index in [1.165, 1.54) is 7.11 Å². The van der Waals surface area contributed by atoms with E-state index in [9.17, 15) is 4.79 Å². The predicted molar refractivity (Wildman–Crippen MR) is 62.9 cm³/mol. The monoisotopic (exact) mass is 239 g/mol. The first-order valence-corrected chi connectivity index (χ1v) is 6.21. The number of hydrogen-bond donors (Lipinski definition) is 0. The number of nitrogens with zero attached hydrogens (tertiary/aromatic N) is 3. The van der Waals surface area contributed by atoms with Gasteiger partial charge in [0.1, 0.15) is 0 Å². The highest BCUT2D eigenvalue weighted by Crippen LogP contribution is 2.16. The van der Waals surface area contributed by atoms with Crippen LogP contribution in [0.1, 0.15) is 10.5 Å². The summed E-state index contributed by atoms with van der Waals surface area (Å²) < 4.78 is 4.56. The summed E-state index contributed by atoms with van der Waals surface area (Å²) in [6.45, 7) is 1.97. The van der Waals surface area contributed by atoms with Gasteiger partial charge in [-0.2, -0.15) is 11.8 Å². The van der Waals surface area contributed by atoms with E-state index >= 15 is 0 Å². The number of thioether (sulfide) groups is 1. The van der Waals surface area contributed by atoms with E-state index in [0.29, 0.717) is 0 Å². The van der Waals surface area contributed by atoms with Crippen molar-refractivity contribution in [2.45, 2.75) is 0 Å². The minimum absolute atomic E-state index is 0.248. The summed E-state index contributed by atoms with van der Waals surface area (Å²) in [7, 11) is 1.33. The van der Waals surface area contributed by atoms with Gasteiger partial charge in [0.15, 0.2) is 11.5 Å². The second kappa shape index (κ2) is 5.16. The second-order valence-corrected chi connectivity index (χ2v) is 4.59. The van der Waals surface area contributed by atoms with Crippen molar-refractivity contribution >= 4 is 23.5 Å². The molecule has 16 heavy (non-hydrogen) atoms. The van der Waals surface area contributed by atoms with Crippen molar-refractivity contribution in [2.24, 2.45) is 0 Å². The molecule has 0 atom stereocenters. The summed E-state index contributed by atoms with van der Waals surface area (Å²) in [4.78, 5) is 13.3. The van der Waals surface area contributed by atoms with Crippen molar-refractivity contribution in [3.63, 3.8) is 0 Å². The molecule has 5 nitrogen and oxygen atoms in total. The van der Waals surface area contributed by atoms with Crippen LogP contribution in [0.5, 0.6) is 0 Å². The number of carbonyl (C=O) groups is 1. The van der Waals surface area contributed by atoms with Crippen molar-refractivity contribution < 1.29 is 9.53 Å². The lowest BCUT2D eigenvalue weighted by molar-refractivity contribution is 0.0592. The average Bonchev–Trinajstić information content (AvgIpc) is 2.39. The second-order valence-electron chi connectivity index (χ2n) is 3.37. The average molecular weight is 239 g/mol. The molecule has 1 aromatic rings. The summed E-state index contributed by atoms with van der Waals surface area (Å²) in [6, 6.07) is 3.46. The molecule has 86 valence electrons. The smallest absolute Gasteiger partial charge is 0.358 e. The number of hydrogen-bond acceptors (Lipinski definition) is 6. The lowest BCUT2D eigenvalue weighted by atomic mass is 10.3. The number of carbonyl (C=O) groups excluding carboxylic acids is 1. The van der Waals surface area contributed by atoms with Crippen LogP contribution in [0.2, 0.25) is 0 Å². The molecule has 0 N–H and O–H groups in total. The minimum Gasteiger partial charge on any atom is -0.464 e. The van der Waals surface area contributed by atoms with Gasteiger partial charge >= 0.3 is 5.97 Å². The number of anilines is 1. The van der Waals surface area contributed by atoms with Gasteiger partial charge in [0, 0.05) is 24.6 Å². The van der Waals surface area contributed by atoms with E-state index in [-0.39, 0.29) is 5.69 Å². The van der Waals surface area contributed by atoms with Gasteiger partial charge in [0.05, 0.1) is 7.11 Å². The van der Waals surface area contributed by atoms with Crippen molar-refractivity contribution in [1.29, 1.82) is 0 Å². The largest absolute Gasteiger partial charge is 0.464 e. The standard InChI is InChI=1S/C10H13N3O2S/c1-15-10(14)8-2-3-9(12-11-8)13-4-6-16-7-5-13/h2-3H,4-7H2,1H3. The molecule has 0 amide bonds. The first-order valence-electron chi connectivity index (χ1n) is 5.06. The Balaban J connectivity index is 2.09. The fraction of sp³-hybridized carbons (Fsp3) is 0.500. The lowest BCUT2D eigenvalue weighted by Gasteiger charge is -2.26. The highest BCUT2D eigenvalue weighted by molar-refractivity contribution is 7.99. The number of aromatic nitrogens is 2. The number of ether oxygens (including phenoxy) is 1. The highest BCUT2D eigenvalue weighted by Gasteiger charge is 2.14. The zero-order valence-electron chi connectivity index (χ0n) is 9.05. The quantitative estimate of drug-likeness (QED) is 0.712. The molecule has 0 unspecified atom stereocenters. The van der Waals surface area contributed by atoms with Gasteiger partial charge in [0.25, 0.3) is 0 Å². The Bertz CT molecular complexity index is 363. The maximum atomic E-state index is 11.2. The summed E-state index contributed by atoms with van der Waals surface area (Å²) in [5.41, 5.74) is 0.248. The molecule has 1 aliphatic rings. The highest BCUT2D eigenvalue weighted by atomic mass is 32.2. The molecule has 1 aromatic heterocycles. The Morgan fingerprint density at radius 1 is 1.38 bits per heavy atom. The fourth-order valence-electron chi connectivity index (χ4n) is 1.50. The molecule has 1 saturated heterocycles. The zero-order chi connectivity index (χ0) is 11.4. The molecule has 0 aromatic carbocycles. The van der Waals surface area contributed by atoms with E-state index in [0.717, 1.165) is 30.4 Å². The van der Waals surface area contributed by atoms with Crippen molar-refractivity contribution in [3.05, 3.63) is 17.8 Å². The third kappa shape index (κ3) is 2.44. The third-order valence-electron chi connectivity index (χ3n) is 2.38. The van der Waals surface area contributed by atoms with Crippen LogP contribution in [0.4, 0.5) is 5.82 Å². The minimum atomic E-state index is -0.451. The first kappa shape index (κ1) is 11.2. The van der Waals surface area contributed by atoms with E-state index in [2.05, 4.69) is 19.8 Å². The number of methoxy groups -OCH3 is 1. The molecular weight excluding hydrogens is 226 g/mol. The number of esters is 1. The summed E-state index contributed by atoms with van der Waals surface area (Å²) in [5.74, 6) is 2.60. The van der Waals surface area contributed by atoms with Crippen LogP contribution < -0.4 is 4.90 Å². The van der Waals surface area contributed by atoms with E-state index in [4.69, 9.17) is 0 Å². The van der Waals surface area contributed by atoms with Crippen LogP contribution in [0.3, 0.4) is 0 Å². The van der Waals surface area contributed by atoms with E-state index in [1.807, 2.05) is 17.8 Å². The molecule has 0 radical (unpaired) electrons. The summed E-state index contributed by atoms with van der Waals surface area (Å²) >= 11 is 1.94. The van der Waals surface area contributed by atoms with Gasteiger partial charge < -0.3 is 9.64 Å². The molecule has 2 heterocycles. The Morgan fingerprint density at radius 2 is 2.12 bits per heavy atom. The fourth-order valence-corrected chi connectivity index (χ4v) is 2.40. The Labute approximate surface area is 98.2 Å². The maximum Gasteiger partial charge on any atom is 0.358 e. The normalized spacial score (nSPS) is 15.9. The van der Waals surface area contributed by atoms with Crippen LogP contribution in [-0.2, 0) is 4.74 Å². The predicted octanol–water partition coefficient (Wildman–Crippen LogP) is 0.816. The maximum absolute atomic E-state index is 11.2. The van der Waals surface area contributed by atoms with Crippen molar-refractivity contribution in [1.82, 2.24) is 10.2 Å². The number of rotatable bonds is 2. The molecule has 6 heteroatoms. The van der Waals surface area contributed by atoms with Crippen molar-refractivity contribution in [3.8, 4) is 0 Å². The van der Waals surface area contributed by atoms with Gasteiger partial charge in [-0.15, -0.1) is 10.2 Å². The van der Waals surface area contributed by atoms with Gasteiger partial charge in [-0.3, -0.25) is 0 Å². The van der Waals surface area contributed by atoms with Gasteiger partial charge in [-0.25, -0.2) is 4.79 Å². The summed E-state index contributed by atoms with van der Waals surface area (Å²) in [6.07, 6.45) is 0. The molecule has 0 spiro atoms. The molecule has 0 aliphatic carbocycles. The van der Waals surface area contributed by atoms with E-state index in [1.54, 1.807) is 6.07 Å². The molecule has 2 rings (SSSR count). The Kier molecular flexibility index (Phi) is 3.61. The van der Waals surface area contributed by atoms with Crippen LogP contribution in [0.15, 0.2) is 12.1 Å². The first-order chi connectivity index (χ1) is 7.81. The van der Waals surface area contributed by atoms with Crippen LogP contribution in [0, 0.1) is 0 Å². The Hall–Kier alpha value is -1.30. The molecule has 1 aliphatic heterocycles. The molecule has 0 bridgehead atoms. The molecule has 0 saturated carbocycles. The van der Waals surface area contributed by atoms with Gasteiger partial charge in [-0.05, 0) is 12.1 Å². The van der Waals surface area contributed by atoms with Gasteiger partial charge in [0.2, 0.25) is 0 Å². The molecule has 1 fully saturated rings. The van der Waals surface area contributed by atoms with Crippen LogP contribution >= 0.6 is 11.8 Å². The molecular formula is C10H13N3O2S. The summed E-state index contributed by atoms with van der Waals surface area (Å²) in [5, 5.41) is 7.89. The lowest BCUT2D eigenvalue weighted by Crippen LogP contribution is -2.33. The van der Waals surface area contributed by atoms with Crippen LogP contribution in [0.25, 0.3) is 0 Å². The topological polar surface area (TPSA) is 55.3 Å². The van der Waals surface area contributed by atoms with Crippen molar-refractivity contribution in [2.75, 3.05) is 36.6 Å². The van der Waals surface area contributed by atoms with Gasteiger partial charge in [-0.1, -0.05) is 0 Å².